The zero-order chi connectivity index (χ0) is 12.1. The zero-order valence-electron chi connectivity index (χ0n) is 9.30. The molecule has 5 heteroatoms. The smallest absolute Gasteiger partial charge is 0.255 e. The average Bonchev–Trinajstić information content (AvgIpc) is 2.20. The quantitative estimate of drug-likeness (QED) is 0.898. The summed E-state index contributed by atoms with van der Waals surface area (Å²) in [6.07, 6.45) is -2.33. The molecule has 0 saturated carbocycles. The molecule has 0 aliphatic carbocycles. The van der Waals surface area contributed by atoms with E-state index in [1.165, 1.54) is 0 Å². The van der Waals surface area contributed by atoms with Crippen LogP contribution in [0.25, 0.3) is 0 Å². The minimum absolute atomic E-state index is 0.257. The summed E-state index contributed by atoms with van der Waals surface area (Å²) >= 11 is 3.35. The van der Waals surface area contributed by atoms with E-state index >= 15 is 0 Å². The molecule has 1 aromatic carbocycles. The van der Waals surface area contributed by atoms with Gasteiger partial charge in [-0.1, -0.05) is 22.0 Å². The van der Waals surface area contributed by atoms with E-state index in [-0.39, 0.29) is 6.54 Å². The van der Waals surface area contributed by atoms with E-state index in [0.717, 1.165) is 15.7 Å². The minimum atomic E-state index is -2.33. The first kappa shape index (κ1) is 13.4. The van der Waals surface area contributed by atoms with Crippen molar-refractivity contribution in [1.29, 1.82) is 0 Å². The van der Waals surface area contributed by atoms with Gasteiger partial charge in [0.1, 0.15) is 0 Å². The molecule has 0 radical (unpaired) electrons. The predicted octanol–water partition coefficient (Wildman–Crippen LogP) is 2.87. The van der Waals surface area contributed by atoms with Crippen LogP contribution in [0.3, 0.4) is 0 Å². The van der Waals surface area contributed by atoms with Crippen LogP contribution in [0.2, 0.25) is 0 Å². The van der Waals surface area contributed by atoms with Crippen molar-refractivity contribution in [3.05, 3.63) is 28.2 Å². The Bertz CT molecular complexity index is 345. The van der Waals surface area contributed by atoms with Gasteiger partial charge < -0.3 is 10.2 Å². The first-order valence-electron chi connectivity index (χ1n) is 4.97. The Morgan fingerprint density at radius 2 is 2.12 bits per heavy atom. The molecule has 0 spiro atoms. The Balaban J connectivity index is 2.94. The Morgan fingerprint density at radius 1 is 1.44 bits per heavy atom. The summed E-state index contributed by atoms with van der Waals surface area (Å²) in [5.41, 5.74) is 1.83. The summed E-state index contributed by atoms with van der Waals surface area (Å²) in [4.78, 5) is 1.57. The van der Waals surface area contributed by atoms with Gasteiger partial charge in [-0.15, -0.1) is 0 Å². The Labute approximate surface area is 103 Å². The molecule has 0 saturated heterocycles. The number of benzene rings is 1. The van der Waals surface area contributed by atoms with Crippen molar-refractivity contribution in [2.24, 2.45) is 0 Å². The van der Waals surface area contributed by atoms with Gasteiger partial charge in [-0.2, -0.15) is 0 Å². The maximum Gasteiger partial charge on any atom is 0.255 e. The number of rotatable bonds is 5. The SMILES string of the molecule is CNCc1ccc(Br)cc1N(C)CC(F)F. The van der Waals surface area contributed by atoms with E-state index < -0.39 is 6.43 Å². The second kappa shape index (κ2) is 6.15. The molecular weight excluding hydrogens is 278 g/mol. The zero-order valence-corrected chi connectivity index (χ0v) is 10.9. The van der Waals surface area contributed by atoms with Crippen LogP contribution < -0.4 is 10.2 Å². The molecule has 0 unspecified atom stereocenters. The highest BCUT2D eigenvalue weighted by molar-refractivity contribution is 9.10. The van der Waals surface area contributed by atoms with Crippen LogP contribution >= 0.6 is 15.9 Å². The van der Waals surface area contributed by atoms with Crippen LogP contribution in [0, 0.1) is 0 Å². The number of halogens is 3. The van der Waals surface area contributed by atoms with E-state index in [4.69, 9.17) is 0 Å². The molecule has 2 nitrogen and oxygen atoms in total. The lowest BCUT2D eigenvalue weighted by atomic mass is 10.1. The summed E-state index contributed by atoms with van der Waals surface area (Å²) in [5.74, 6) is 0. The highest BCUT2D eigenvalue weighted by Crippen LogP contribution is 2.24. The molecule has 0 amide bonds. The Morgan fingerprint density at radius 3 is 2.69 bits per heavy atom. The van der Waals surface area contributed by atoms with Gasteiger partial charge in [0.2, 0.25) is 0 Å². The molecule has 1 rings (SSSR count). The van der Waals surface area contributed by atoms with Crippen LogP contribution in [-0.2, 0) is 6.54 Å². The fourth-order valence-corrected chi connectivity index (χ4v) is 1.89. The number of hydrogen-bond donors (Lipinski definition) is 1. The van der Waals surface area contributed by atoms with Crippen LogP contribution in [0.15, 0.2) is 22.7 Å². The van der Waals surface area contributed by atoms with Crippen molar-refractivity contribution in [3.8, 4) is 0 Å². The van der Waals surface area contributed by atoms with E-state index in [1.54, 1.807) is 11.9 Å². The molecule has 0 aliphatic heterocycles. The molecular formula is C11H15BrF2N2. The minimum Gasteiger partial charge on any atom is -0.369 e. The van der Waals surface area contributed by atoms with Gasteiger partial charge in [0.25, 0.3) is 6.43 Å². The second-order valence-electron chi connectivity index (χ2n) is 3.57. The van der Waals surface area contributed by atoms with E-state index in [0.29, 0.717) is 6.54 Å². The fourth-order valence-electron chi connectivity index (χ4n) is 1.54. The third-order valence-corrected chi connectivity index (χ3v) is 2.73. The third-order valence-electron chi connectivity index (χ3n) is 2.24. The lowest BCUT2D eigenvalue weighted by Gasteiger charge is -2.22. The first-order valence-corrected chi connectivity index (χ1v) is 5.76. The van der Waals surface area contributed by atoms with Gasteiger partial charge >= 0.3 is 0 Å². The number of nitrogens with zero attached hydrogens (tertiary/aromatic N) is 1. The summed E-state index contributed by atoms with van der Waals surface area (Å²) < 4.78 is 25.5. The summed E-state index contributed by atoms with van der Waals surface area (Å²) in [6.45, 7) is 0.406. The standard InChI is InChI=1S/C11H15BrF2N2/c1-15-6-8-3-4-9(12)5-10(8)16(2)7-11(13)14/h3-5,11,15H,6-7H2,1-2H3. The lowest BCUT2D eigenvalue weighted by molar-refractivity contribution is 0.156. The van der Waals surface area contributed by atoms with Crippen molar-refractivity contribution in [3.63, 3.8) is 0 Å². The van der Waals surface area contributed by atoms with Crippen LogP contribution in [0.4, 0.5) is 14.5 Å². The molecule has 0 bridgehead atoms. The molecule has 0 fully saturated rings. The van der Waals surface area contributed by atoms with Crippen LogP contribution in [0.1, 0.15) is 5.56 Å². The van der Waals surface area contributed by atoms with Crippen LogP contribution in [-0.4, -0.2) is 27.1 Å². The molecule has 90 valence electrons. The topological polar surface area (TPSA) is 15.3 Å². The highest BCUT2D eigenvalue weighted by atomic mass is 79.9. The predicted molar refractivity (Wildman–Crippen MR) is 66.2 cm³/mol. The monoisotopic (exact) mass is 292 g/mol. The molecule has 0 aliphatic rings. The average molecular weight is 293 g/mol. The Hall–Kier alpha value is -0.680. The fraction of sp³-hybridized carbons (Fsp3) is 0.455. The normalized spacial score (nSPS) is 10.9. The number of hydrogen-bond acceptors (Lipinski definition) is 2. The van der Waals surface area contributed by atoms with Crippen molar-refractivity contribution in [2.75, 3.05) is 25.5 Å². The number of anilines is 1. The van der Waals surface area contributed by atoms with Gasteiger partial charge in [-0.3, -0.25) is 0 Å². The molecule has 1 aromatic rings. The van der Waals surface area contributed by atoms with Crippen LogP contribution in [0.5, 0.6) is 0 Å². The molecule has 0 aromatic heterocycles. The summed E-state index contributed by atoms with van der Waals surface area (Å²) in [6, 6.07) is 5.69. The summed E-state index contributed by atoms with van der Waals surface area (Å²) in [7, 11) is 3.51. The van der Waals surface area contributed by atoms with Crippen molar-refractivity contribution in [2.45, 2.75) is 13.0 Å². The number of alkyl halides is 2. The molecule has 16 heavy (non-hydrogen) atoms. The van der Waals surface area contributed by atoms with Gasteiger partial charge in [-0.05, 0) is 24.7 Å². The van der Waals surface area contributed by atoms with Gasteiger partial charge in [-0.25, -0.2) is 8.78 Å². The Kier molecular flexibility index (Phi) is 5.15. The van der Waals surface area contributed by atoms with E-state index in [2.05, 4.69) is 21.2 Å². The van der Waals surface area contributed by atoms with Gasteiger partial charge in [0.15, 0.2) is 0 Å². The molecule has 0 atom stereocenters. The summed E-state index contributed by atoms with van der Waals surface area (Å²) in [5, 5.41) is 3.02. The number of nitrogens with one attached hydrogen (secondary N) is 1. The third kappa shape index (κ3) is 3.72. The van der Waals surface area contributed by atoms with Gasteiger partial charge in [0, 0.05) is 23.8 Å². The maximum atomic E-state index is 12.3. The van der Waals surface area contributed by atoms with Gasteiger partial charge in [0.05, 0.1) is 6.54 Å². The maximum absolute atomic E-state index is 12.3. The van der Waals surface area contributed by atoms with Crippen molar-refractivity contribution in [1.82, 2.24) is 5.32 Å². The molecule has 0 heterocycles. The first-order chi connectivity index (χ1) is 7.54. The van der Waals surface area contributed by atoms with E-state index in [1.807, 2.05) is 25.2 Å². The lowest BCUT2D eigenvalue weighted by Crippen LogP contribution is -2.25. The van der Waals surface area contributed by atoms with Crippen molar-refractivity contribution < 1.29 is 8.78 Å². The highest BCUT2D eigenvalue weighted by Gasteiger charge is 2.12. The van der Waals surface area contributed by atoms with E-state index in [9.17, 15) is 8.78 Å². The molecule has 1 N–H and O–H groups in total. The van der Waals surface area contributed by atoms with Crippen molar-refractivity contribution >= 4 is 21.6 Å². The second-order valence-corrected chi connectivity index (χ2v) is 4.49. The largest absolute Gasteiger partial charge is 0.369 e.